The van der Waals surface area contributed by atoms with Gasteiger partial charge in [0.2, 0.25) is 0 Å². The highest BCUT2D eigenvalue weighted by Crippen LogP contribution is 2.21. The van der Waals surface area contributed by atoms with Crippen LogP contribution in [0.2, 0.25) is 0 Å². The Hall–Kier alpha value is -1.24. The third kappa shape index (κ3) is 3.62. The fraction of sp³-hybridized carbons (Fsp3) is 0.700. The van der Waals surface area contributed by atoms with Crippen LogP contribution in [0.1, 0.15) is 6.42 Å². The van der Waals surface area contributed by atoms with Gasteiger partial charge in [-0.25, -0.2) is 0 Å². The smallest absolute Gasteiger partial charge is 0.378 e. The largest absolute Gasteiger partial charge is 0.401 e. The van der Waals surface area contributed by atoms with Crippen LogP contribution < -0.4 is 5.32 Å². The molecule has 0 aliphatic carbocycles. The second kappa shape index (κ2) is 4.56. The number of halogens is 3. The number of nitrogens with zero attached hydrogens (tertiary/aromatic N) is 3. The predicted octanol–water partition coefficient (Wildman–Crippen LogP) is 1.47. The molecule has 1 aliphatic heterocycles. The molecule has 7 heteroatoms. The van der Waals surface area contributed by atoms with Crippen molar-refractivity contribution in [2.45, 2.75) is 18.6 Å². The SMILES string of the molecule is Cn1cc(NC2CCN(CC(F)(F)F)C2)cn1. The van der Waals surface area contributed by atoms with Crippen LogP contribution >= 0.6 is 0 Å². The average molecular weight is 248 g/mol. The maximum atomic E-state index is 12.2. The molecule has 1 aromatic rings. The van der Waals surface area contributed by atoms with Crippen molar-refractivity contribution in [3.05, 3.63) is 12.4 Å². The molecule has 0 spiro atoms. The van der Waals surface area contributed by atoms with E-state index < -0.39 is 12.7 Å². The van der Waals surface area contributed by atoms with E-state index in [1.807, 2.05) is 6.20 Å². The first-order chi connectivity index (χ1) is 7.92. The molecule has 0 saturated carbocycles. The van der Waals surface area contributed by atoms with Crippen molar-refractivity contribution in [1.29, 1.82) is 0 Å². The zero-order chi connectivity index (χ0) is 12.5. The van der Waals surface area contributed by atoms with E-state index in [4.69, 9.17) is 0 Å². The van der Waals surface area contributed by atoms with Crippen molar-refractivity contribution in [1.82, 2.24) is 14.7 Å². The minimum Gasteiger partial charge on any atom is -0.378 e. The number of likely N-dealkylation sites (tertiary alicyclic amines) is 1. The van der Waals surface area contributed by atoms with Crippen molar-refractivity contribution in [2.24, 2.45) is 7.05 Å². The van der Waals surface area contributed by atoms with Gasteiger partial charge in [0.05, 0.1) is 18.4 Å². The lowest BCUT2D eigenvalue weighted by molar-refractivity contribution is -0.143. The van der Waals surface area contributed by atoms with Gasteiger partial charge in [0.25, 0.3) is 0 Å². The summed E-state index contributed by atoms with van der Waals surface area (Å²) < 4.78 is 38.2. The summed E-state index contributed by atoms with van der Waals surface area (Å²) in [6.45, 7) is 0.0874. The Morgan fingerprint density at radius 3 is 2.88 bits per heavy atom. The fourth-order valence-corrected chi connectivity index (χ4v) is 2.08. The second-order valence-electron chi connectivity index (χ2n) is 4.38. The first-order valence-electron chi connectivity index (χ1n) is 5.47. The summed E-state index contributed by atoms with van der Waals surface area (Å²) in [7, 11) is 1.80. The lowest BCUT2D eigenvalue weighted by Gasteiger charge is -2.18. The molecule has 96 valence electrons. The maximum Gasteiger partial charge on any atom is 0.401 e. The predicted molar refractivity (Wildman–Crippen MR) is 57.7 cm³/mol. The van der Waals surface area contributed by atoms with Crippen molar-refractivity contribution in [3.63, 3.8) is 0 Å². The Bertz CT molecular complexity index is 374. The molecule has 1 saturated heterocycles. The van der Waals surface area contributed by atoms with Gasteiger partial charge < -0.3 is 5.32 Å². The molecule has 4 nitrogen and oxygen atoms in total. The molecule has 0 aromatic carbocycles. The van der Waals surface area contributed by atoms with Gasteiger partial charge in [-0.15, -0.1) is 0 Å². The Morgan fingerprint density at radius 1 is 1.53 bits per heavy atom. The summed E-state index contributed by atoms with van der Waals surface area (Å²) in [6.07, 6.45) is 0.104. The number of hydrogen-bond donors (Lipinski definition) is 1. The normalized spacial score (nSPS) is 22.0. The monoisotopic (exact) mass is 248 g/mol. The number of hydrogen-bond acceptors (Lipinski definition) is 3. The summed E-state index contributed by atoms with van der Waals surface area (Å²) in [5.41, 5.74) is 0.853. The molecule has 0 bridgehead atoms. The minimum atomic E-state index is -4.11. The molecule has 2 rings (SSSR count). The summed E-state index contributed by atoms with van der Waals surface area (Å²) in [6, 6.07) is 0.0709. The first kappa shape index (κ1) is 12.2. The van der Waals surface area contributed by atoms with Crippen LogP contribution in [0.15, 0.2) is 12.4 Å². The highest BCUT2D eigenvalue weighted by Gasteiger charge is 2.34. The molecule has 1 aliphatic rings. The van der Waals surface area contributed by atoms with E-state index in [2.05, 4.69) is 10.4 Å². The van der Waals surface area contributed by atoms with E-state index in [0.29, 0.717) is 13.1 Å². The lowest BCUT2D eigenvalue weighted by Crippen LogP contribution is -2.34. The van der Waals surface area contributed by atoms with Crippen LogP contribution in [0.3, 0.4) is 0 Å². The third-order valence-electron chi connectivity index (χ3n) is 2.75. The molecule has 1 aromatic heterocycles. The topological polar surface area (TPSA) is 33.1 Å². The Morgan fingerprint density at radius 2 is 2.29 bits per heavy atom. The molecule has 0 amide bonds. The maximum absolute atomic E-state index is 12.2. The van der Waals surface area contributed by atoms with Crippen molar-refractivity contribution < 1.29 is 13.2 Å². The lowest BCUT2D eigenvalue weighted by atomic mass is 10.2. The van der Waals surface area contributed by atoms with Crippen molar-refractivity contribution >= 4 is 5.69 Å². The van der Waals surface area contributed by atoms with Crippen LogP contribution in [0.25, 0.3) is 0 Å². The Kier molecular flexibility index (Phi) is 3.28. The molecule has 1 unspecified atom stereocenters. The van der Waals surface area contributed by atoms with Gasteiger partial charge in [-0.3, -0.25) is 9.58 Å². The number of anilines is 1. The van der Waals surface area contributed by atoms with Gasteiger partial charge in [-0.05, 0) is 6.42 Å². The second-order valence-corrected chi connectivity index (χ2v) is 4.38. The van der Waals surface area contributed by atoms with Gasteiger partial charge in [0, 0.05) is 32.4 Å². The summed E-state index contributed by atoms with van der Waals surface area (Å²) >= 11 is 0. The zero-order valence-corrected chi connectivity index (χ0v) is 9.54. The molecule has 1 fully saturated rings. The number of nitrogens with one attached hydrogen (secondary N) is 1. The van der Waals surface area contributed by atoms with Crippen LogP contribution in [0, 0.1) is 0 Å². The molecule has 1 atom stereocenters. The number of aromatic nitrogens is 2. The van der Waals surface area contributed by atoms with Gasteiger partial charge in [0.1, 0.15) is 0 Å². The summed E-state index contributed by atoms with van der Waals surface area (Å²) in [5, 5.41) is 7.18. The highest BCUT2D eigenvalue weighted by atomic mass is 19.4. The molecule has 2 heterocycles. The number of alkyl halides is 3. The number of rotatable bonds is 3. The van der Waals surface area contributed by atoms with Crippen LogP contribution in [0.5, 0.6) is 0 Å². The molecular weight excluding hydrogens is 233 g/mol. The first-order valence-corrected chi connectivity index (χ1v) is 5.47. The van der Waals surface area contributed by atoms with E-state index >= 15 is 0 Å². The summed E-state index contributed by atoms with van der Waals surface area (Å²) in [4.78, 5) is 1.42. The van der Waals surface area contributed by atoms with Crippen LogP contribution in [0.4, 0.5) is 18.9 Å². The van der Waals surface area contributed by atoms with Gasteiger partial charge in [0.15, 0.2) is 0 Å². The standard InChI is InChI=1S/C10H15F3N4/c1-16-5-9(4-14-16)15-8-2-3-17(6-8)7-10(11,12)13/h4-5,8,15H,2-3,6-7H2,1H3. The van der Waals surface area contributed by atoms with Crippen LogP contribution in [-0.2, 0) is 7.05 Å². The van der Waals surface area contributed by atoms with E-state index in [0.717, 1.165) is 12.1 Å². The molecule has 1 N–H and O–H groups in total. The van der Waals surface area contributed by atoms with Crippen molar-refractivity contribution in [2.75, 3.05) is 25.0 Å². The van der Waals surface area contributed by atoms with E-state index in [1.165, 1.54) is 4.90 Å². The van der Waals surface area contributed by atoms with E-state index in [-0.39, 0.29) is 6.04 Å². The zero-order valence-electron chi connectivity index (χ0n) is 9.54. The minimum absolute atomic E-state index is 0.0709. The van der Waals surface area contributed by atoms with E-state index in [1.54, 1.807) is 17.9 Å². The van der Waals surface area contributed by atoms with E-state index in [9.17, 15) is 13.2 Å². The average Bonchev–Trinajstić information content (AvgIpc) is 2.74. The number of aryl methyl sites for hydroxylation is 1. The van der Waals surface area contributed by atoms with Crippen molar-refractivity contribution in [3.8, 4) is 0 Å². The fourth-order valence-electron chi connectivity index (χ4n) is 2.08. The van der Waals surface area contributed by atoms with Gasteiger partial charge in [-0.1, -0.05) is 0 Å². The third-order valence-corrected chi connectivity index (χ3v) is 2.75. The quantitative estimate of drug-likeness (QED) is 0.879. The molecule has 17 heavy (non-hydrogen) atoms. The molecular formula is C10H15F3N4. The van der Waals surface area contributed by atoms with Crippen LogP contribution in [-0.4, -0.2) is 46.5 Å². The highest BCUT2D eigenvalue weighted by molar-refractivity contribution is 5.39. The Labute approximate surface area is 97.4 Å². The Balaban J connectivity index is 1.82. The summed E-state index contributed by atoms with van der Waals surface area (Å²) in [5.74, 6) is 0. The van der Waals surface area contributed by atoms with Gasteiger partial charge >= 0.3 is 6.18 Å². The van der Waals surface area contributed by atoms with Gasteiger partial charge in [-0.2, -0.15) is 18.3 Å². The molecule has 0 radical (unpaired) electrons.